The number of hydrogen-bond acceptors (Lipinski definition) is 0. The van der Waals surface area contributed by atoms with Crippen molar-refractivity contribution >= 4 is 6.08 Å². The fourth-order valence-corrected chi connectivity index (χ4v) is 3.65. The molecule has 0 saturated carbocycles. The molecule has 0 spiro atoms. The normalized spacial score (nSPS) is 15.9. The van der Waals surface area contributed by atoms with E-state index in [0.717, 1.165) is 0 Å². The summed E-state index contributed by atoms with van der Waals surface area (Å²) in [6.45, 7) is 2.29. The van der Waals surface area contributed by atoms with Gasteiger partial charge < -0.3 is 0 Å². The molecule has 1 radical (unpaired) electrons. The van der Waals surface area contributed by atoms with Gasteiger partial charge in [-0.15, -0.1) is 0 Å². The molecule has 0 amide bonds. The van der Waals surface area contributed by atoms with E-state index in [-0.39, 0.29) is 25.8 Å². The summed E-state index contributed by atoms with van der Waals surface area (Å²) in [5.41, 5.74) is 6.24. The van der Waals surface area contributed by atoms with Crippen molar-refractivity contribution in [3.05, 3.63) is 46.4 Å². The van der Waals surface area contributed by atoms with Gasteiger partial charge in [0.1, 0.15) is 0 Å². The Morgan fingerprint density at radius 1 is 0.857 bits per heavy atom. The summed E-state index contributed by atoms with van der Waals surface area (Å²) in [6.07, 6.45) is 18.3. The molecule has 0 unspecified atom stereocenters. The average Bonchev–Trinajstić information content (AvgIpc) is 3.06. The summed E-state index contributed by atoms with van der Waals surface area (Å²) in [6, 6.07) is 4.94. The molecule has 0 fully saturated rings. The summed E-state index contributed by atoms with van der Waals surface area (Å²) in [7, 11) is 0. The van der Waals surface area contributed by atoms with Crippen molar-refractivity contribution in [2.24, 2.45) is 0 Å². The third kappa shape index (κ3) is 4.18. The first kappa shape index (κ1) is 17.2. The number of fused-ring (bicyclic) bond motifs is 2. The van der Waals surface area contributed by atoms with Crippen LogP contribution in [0.3, 0.4) is 0 Å². The number of hydrogen-bond donors (Lipinski definition) is 0. The van der Waals surface area contributed by atoms with E-state index in [4.69, 9.17) is 0 Å². The van der Waals surface area contributed by atoms with Crippen LogP contribution in [0.25, 0.3) is 6.08 Å². The van der Waals surface area contributed by atoms with Crippen molar-refractivity contribution in [2.75, 3.05) is 0 Å². The largest absolute Gasteiger partial charge is 0.0721 e. The van der Waals surface area contributed by atoms with Crippen molar-refractivity contribution < 1.29 is 25.8 Å². The fourth-order valence-electron chi connectivity index (χ4n) is 3.65. The van der Waals surface area contributed by atoms with Crippen LogP contribution in [0.2, 0.25) is 0 Å². The van der Waals surface area contributed by atoms with Crippen molar-refractivity contribution in [3.63, 3.8) is 0 Å². The number of benzene rings is 1. The molecular weight excluding hydrogens is 419 g/mol. The monoisotopic (exact) mass is 447 g/mol. The van der Waals surface area contributed by atoms with Crippen LogP contribution in [0, 0.1) is 5.92 Å². The summed E-state index contributed by atoms with van der Waals surface area (Å²) in [4.78, 5) is 0. The third-order valence-electron chi connectivity index (χ3n) is 4.87. The molecule has 1 aromatic rings. The molecule has 0 aliphatic heterocycles. The molecule has 0 atom stereocenters. The minimum absolute atomic E-state index is 0. The van der Waals surface area contributed by atoms with Crippen molar-refractivity contribution in [2.45, 2.75) is 71.1 Å². The minimum Gasteiger partial charge on any atom is -0.0721 e. The first-order valence-electron chi connectivity index (χ1n) is 8.58. The van der Waals surface area contributed by atoms with E-state index < -0.39 is 0 Å². The molecule has 0 saturated heterocycles. The predicted octanol–water partition coefficient (Wildman–Crippen LogP) is 5.87. The van der Waals surface area contributed by atoms with Crippen LogP contribution < -0.4 is 0 Å². The Kier molecular flexibility index (Phi) is 6.92. The second kappa shape index (κ2) is 8.46. The van der Waals surface area contributed by atoms with Gasteiger partial charge in [0, 0.05) is 31.8 Å². The Balaban J connectivity index is 0.00000161. The smallest absolute Gasteiger partial charge is 0.0273 e. The van der Waals surface area contributed by atoms with Gasteiger partial charge in [-0.25, -0.2) is 0 Å². The zero-order valence-corrected chi connectivity index (χ0v) is 17.0. The molecule has 2 aliphatic rings. The molecule has 0 nitrogen and oxygen atoms in total. The Morgan fingerprint density at radius 3 is 2.38 bits per heavy atom. The van der Waals surface area contributed by atoms with Gasteiger partial charge in [-0.2, -0.15) is 0 Å². The maximum atomic E-state index is 2.49. The predicted molar refractivity (Wildman–Crippen MR) is 87.8 cm³/mol. The van der Waals surface area contributed by atoms with Crippen LogP contribution in [0.5, 0.6) is 0 Å². The molecule has 0 N–H and O–H groups in total. The Labute approximate surface area is 149 Å². The van der Waals surface area contributed by atoms with E-state index in [9.17, 15) is 0 Å². The van der Waals surface area contributed by atoms with E-state index >= 15 is 0 Å². The van der Waals surface area contributed by atoms with Crippen LogP contribution in [-0.2, 0) is 38.7 Å². The molecule has 2 aliphatic carbocycles. The van der Waals surface area contributed by atoms with E-state index in [1.54, 1.807) is 22.6 Å². The van der Waals surface area contributed by atoms with E-state index in [0.29, 0.717) is 0 Å². The quantitative estimate of drug-likeness (QED) is 0.363. The van der Waals surface area contributed by atoms with Gasteiger partial charge in [-0.05, 0) is 47.9 Å². The topological polar surface area (TPSA) is 0 Å². The van der Waals surface area contributed by atoms with Gasteiger partial charge in [-0.1, -0.05) is 69.7 Å². The molecule has 3 rings (SSSR count). The molecule has 1 aromatic carbocycles. The van der Waals surface area contributed by atoms with Gasteiger partial charge in [0.05, 0.1) is 0 Å². The second-order valence-electron chi connectivity index (χ2n) is 6.44. The maximum Gasteiger partial charge on any atom is 0.0273 e. The zero-order valence-electron chi connectivity index (χ0n) is 13.4. The van der Waals surface area contributed by atoms with Crippen molar-refractivity contribution in [3.8, 4) is 0 Å². The Morgan fingerprint density at radius 2 is 1.57 bits per heavy atom. The molecule has 21 heavy (non-hydrogen) atoms. The SMILES string of the molecule is CCCCCCCC[C]1C=Cc2cc3c(cc21)CCC3.[Hf]. The summed E-state index contributed by atoms with van der Waals surface area (Å²) < 4.78 is 0. The van der Waals surface area contributed by atoms with Gasteiger partial charge in [-0.3, -0.25) is 0 Å². The molecule has 0 aromatic heterocycles. The van der Waals surface area contributed by atoms with E-state index in [1.165, 1.54) is 69.8 Å². The Hall–Kier alpha value is -0.170. The number of aryl methyl sites for hydroxylation is 2. The second-order valence-corrected chi connectivity index (χ2v) is 6.44. The van der Waals surface area contributed by atoms with Gasteiger partial charge in [0.2, 0.25) is 0 Å². The van der Waals surface area contributed by atoms with Gasteiger partial charge >= 0.3 is 0 Å². The van der Waals surface area contributed by atoms with Crippen LogP contribution in [-0.4, -0.2) is 0 Å². The van der Waals surface area contributed by atoms with E-state index in [2.05, 4.69) is 31.2 Å². The molecular formula is C20H27Hf. The summed E-state index contributed by atoms with van der Waals surface area (Å²) in [5.74, 6) is 1.59. The zero-order chi connectivity index (χ0) is 13.8. The van der Waals surface area contributed by atoms with Gasteiger partial charge in [0.15, 0.2) is 0 Å². The first-order chi connectivity index (χ1) is 9.88. The van der Waals surface area contributed by atoms with Gasteiger partial charge in [0.25, 0.3) is 0 Å². The number of unbranched alkanes of at least 4 members (excludes halogenated alkanes) is 5. The van der Waals surface area contributed by atoms with Crippen molar-refractivity contribution in [1.29, 1.82) is 0 Å². The molecule has 111 valence electrons. The number of allylic oxidation sites excluding steroid dienone is 1. The van der Waals surface area contributed by atoms with Crippen LogP contribution in [0.15, 0.2) is 18.2 Å². The van der Waals surface area contributed by atoms with Crippen LogP contribution in [0.4, 0.5) is 0 Å². The van der Waals surface area contributed by atoms with E-state index in [1.807, 2.05) is 0 Å². The molecule has 0 heterocycles. The third-order valence-corrected chi connectivity index (χ3v) is 4.87. The van der Waals surface area contributed by atoms with Crippen LogP contribution in [0.1, 0.15) is 80.5 Å². The van der Waals surface area contributed by atoms with Crippen LogP contribution >= 0.6 is 0 Å². The fraction of sp³-hybridized carbons (Fsp3) is 0.550. The Bertz CT molecular complexity index is 487. The van der Waals surface area contributed by atoms with Crippen molar-refractivity contribution in [1.82, 2.24) is 0 Å². The molecule has 0 bridgehead atoms. The average molecular weight is 446 g/mol. The minimum atomic E-state index is 0. The standard InChI is InChI=1S/C20H27.Hf/c1-2-3-4-5-6-7-9-16-12-13-19-14-17-10-8-11-18(17)15-20(16)19;/h12-15H,2-11H2,1H3;. The molecule has 1 heteroatoms. The first-order valence-corrected chi connectivity index (χ1v) is 8.58. The summed E-state index contributed by atoms with van der Waals surface area (Å²) >= 11 is 0. The number of rotatable bonds is 7. The summed E-state index contributed by atoms with van der Waals surface area (Å²) in [5, 5.41) is 0. The maximum absolute atomic E-state index is 2.49.